The topological polar surface area (TPSA) is 63.2 Å². The van der Waals surface area contributed by atoms with E-state index in [0.29, 0.717) is 67.5 Å². The summed E-state index contributed by atoms with van der Waals surface area (Å²) in [5, 5.41) is 5.15. The average Bonchev–Trinajstić information content (AvgIpc) is 3.41. The molecule has 1 N–H and O–H groups in total. The van der Waals surface area contributed by atoms with Gasteiger partial charge in [0.1, 0.15) is 11.6 Å². The summed E-state index contributed by atoms with van der Waals surface area (Å²) in [4.78, 5) is 39.5. The molecule has 4 aliphatic carbocycles. The average molecular weight is 470 g/mol. The van der Waals surface area contributed by atoms with Crippen molar-refractivity contribution in [2.24, 2.45) is 46.3 Å². The molecule has 5 heteroatoms. The number of amides is 1. The molecular formula is C28H39NO3S. The molecule has 1 amide bonds. The molecule has 0 radical (unpaired) electrons. The van der Waals surface area contributed by atoms with Gasteiger partial charge in [0.15, 0.2) is 0 Å². The predicted octanol–water partition coefficient (Wildman–Crippen LogP) is 5.80. The highest BCUT2D eigenvalue weighted by molar-refractivity contribution is 7.09. The van der Waals surface area contributed by atoms with E-state index in [0.717, 1.165) is 32.1 Å². The van der Waals surface area contributed by atoms with Gasteiger partial charge < -0.3 is 5.32 Å². The van der Waals surface area contributed by atoms with Crippen molar-refractivity contribution in [3.05, 3.63) is 22.4 Å². The van der Waals surface area contributed by atoms with Gasteiger partial charge in [0, 0.05) is 36.5 Å². The summed E-state index contributed by atoms with van der Waals surface area (Å²) >= 11 is 1.68. The maximum absolute atomic E-state index is 13.5. The molecule has 1 aromatic rings. The van der Waals surface area contributed by atoms with Crippen molar-refractivity contribution < 1.29 is 14.4 Å². The molecule has 0 aliphatic heterocycles. The molecule has 180 valence electrons. The lowest BCUT2D eigenvalue weighted by Gasteiger charge is -2.59. The number of carbonyl (C=O) groups excluding carboxylic acids is 3. The first-order chi connectivity index (χ1) is 15.7. The fourth-order valence-electron chi connectivity index (χ4n) is 8.80. The van der Waals surface area contributed by atoms with Crippen LogP contribution in [-0.4, -0.2) is 17.5 Å². The van der Waals surface area contributed by atoms with Crippen LogP contribution in [0, 0.1) is 46.3 Å². The molecule has 1 aromatic heterocycles. The smallest absolute Gasteiger partial charge is 0.220 e. The number of carbonyl (C=O) groups is 3. The second kappa shape index (κ2) is 8.62. The van der Waals surface area contributed by atoms with E-state index in [1.807, 2.05) is 11.4 Å². The van der Waals surface area contributed by atoms with E-state index >= 15 is 0 Å². The quantitative estimate of drug-likeness (QED) is 0.593. The number of nitrogens with one attached hydrogen (secondary N) is 1. The Kier molecular flexibility index (Phi) is 6.08. The summed E-state index contributed by atoms with van der Waals surface area (Å²) in [5.74, 6) is 3.09. The third-order valence-electron chi connectivity index (χ3n) is 10.6. The largest absolute Gasteiger partial charge is 0.351 e. The maximum atomic E-state index is 13.5. The molecule has 4 nitrogen and oxygen atoms in total. The van der Waals surface area contributed by atoms with Crippen molar-refractivity contribution in [2.75, 3.05) is 0 Å². The lowest BCUT2D eigenvalue weighted by Crippen LogP contribution is -2.57. The second-order valence-electron chi connectivity index (χ2n) is 12.1. The normalized spacial score (nSPS) is 41.1. The highest BCUT2D eigenvalue weighted by Gasteiger charge is 2.63. The molecule has 1 unspecified atom stereocenters. The minimum Gasteiger partial charge on any atom is -0.351 e. The molecule has 4 saturated carbocycles. The number of hydrogen-bond donors (Lipinski definition) is 1. The van der Waals surface area contributed by atoms with Crippen molar-refractivity contribution in [3.8, 4) is 0 Å². The minimum absolute atomic E-state index is 0.146. The molecule has 5 rings (SSSR count). The third kappa shape index (κ3) is 3.92. The van der Waals surface area contributed by atoms with Gasteiger partial charge in [-0.05, 0) is 84.0 Å². The monoisotopic (exact) mass is 469 g/mol. The van der Waals surface area contributed by atoms with Gasteiger partial charge in [-0.15, -0.1) is 11.3 Å². The zero-order chi connectivity index (χ0) is 23.4. The highest BCUT2D eigenvalue weighted by atomic mass is 32.1. The second-order valence-corrected chi connectivity index (χ2v) is 13.2. The minimum atomic E-state index is 0.146. The van der Waals surface area contributed by atoms with Crippen molar-refractivity contribution in [2.45, 2.75) is 85.1 Å². The van der Waals surface area contributed by atoms with Crippen molar-refractivity contribution in [3.63, 3.8) is 0 Å². The van der Waals surface area contributed by atoms with Gasteiger partial charge in [-0.25, -0.2) is 0 Å². The van der Waals surface area contributed by atoms with Gasteiger partial charge in [-0.3, -0.25) is 14.4 Å². The molecule has 0 saturated heterocycles. The van der Waals surface area contributed by atoms with Gasteiger partial charge in [-0.1, -0.05) is 26.8 Å². The fourth-order valence-corrected chi connectivity index (χ4v) is 9.45. The number of ketones is 2. The van der Waals surface area contributed by atoms with E-state index in [-0.39, 0.29) is 28.6 Å². The van der Waals surface area contributed by atoms with Crippen LogP contribution in [0.1, 0.15) is 83.4 Å². The molecule has 0 spiro atoms. The number of hydrogen-bond acceptors (Lipinski definition) is 4. The Morgan fingerprint density at radius 1 is 1.12 bits per heavy atom. The molecule has 1 heterocycles. The van der Waals surface area contributed by atoms with Gasteiger partial charge in [0.2, 0.25) is 5.91 Å². The molecular weight excluding hydrogens is 430 g/mol. The molecule has 0 bridgehead atoms. The number of Topliss-reactive ketones (excluding diaryl/α,β-unsaturated/α-hetero) is 2. The first-order valence-electron chi connectivity index (χ1n) is 13.1. The Morgan fingerprint density at radius 3 is 2.67 bits per heavy atom. The van der Waals surface area contributed by atoms with Crippen molar-refractivity contribution >= 4 is 28.8 Å². The van der Waals surface area contributed by atoms with E-state index in [9.17, 15) is 14.4 Å². The summed E-state index contributed by atoms with van der Waals surface area (Å²) in [6, 6.07) is 4.08. The van der Waals surface area contributed by atoms with Crippen LogP contribution in [0.4, 0.5) is 0 Å². The van der Waals surface area contributed by atoms with Crippen LogP contribution in [0.3, 0.4) is 0 Å². The zero-order valence-corrected chi connectivity index (χ0v) is 21.2. The Bertz CT molecular complexity index is 926. The van der Waals surface area contributed by atoms with E-state index in [1.165, 1.54) is 4.88 Å². The van der Waals surface area contributed by atoms with Gasteiger partial charge >= 0.3 is 0 Å². The molecule has 33 heavy (non-hydrogen) atoms. The maximum Gasteiger partial charge on any atom is 0.220 e. The predicted molar refractivity (Wildman–Crippen MR) is 131 cm³/mol. The molecule has 4 fully saturated rings. The lowest BCUT2D eigenvalue weighted by atomic mass is 9.44. The number of rotatable bonds is 5. The lowest BCUT2D eigenvalue weighted by molar-refractivity contribution is -0.159. The standard InChI is InChI=1S/C28H39NO3S/c1-17(13-25(32)29-16-20-5-4-12-33-20)21-6-7-22-26-23(9-11-28(21,22)3)27(2)10-8-19(30)14-18(27)15-24(26)31/h4-5,12,17-18,21-23,26H,6-11,13-16H2,1-3H3,(H,29,32)/t17-,18+,21?,22+,23+,26+,27+,28-/m1/s1. The highest BCUT2D eigenvalue weighted by Crippen LogP contribution is 2.67. The summed E-state index contributed by atoms with van der Waals surface area (Å²) in [7, 11) is 0. The zero-order valence-electron chi connectivity index (χ0n) is 20.4. The fraction of sp³-hybridized carbons (Fsp3) is 0.750. The van der Waals surface area contributed by atoms with Gasteiger partial charge in [0.05, 0.1) is 6.54 Å². The van der Waals surface area contributed by atoms with Crippen LogP contribution < -0.4 is 5.32 Å². The number of thiophene rings is 1. The summed E-state index contributed by atoms with van der Waals surface area (Å²) < 4.78 is 0. The van der Waals surface area contributed by atoms with Crippen molar-refractivity contribution in [1.82, 2.24) is 5.32 Å². The van der Waals surface area contributed by atoms with Crippen LogP contribution in [0.5, 0.6) is 0 Å². The van der Waals surface area contributed by atoms with Crippen LogP contribution in [0.15, 0.2) is 17.5 Å². The molecule has 0 aromatic carbocycles. The van der Waals surface area contributed by atoms with Crippen LogP contribution in [0.25, 0.3) is 0 Å². The SMILES string of the molecule is C[C@H](CC(=O)NCc1cccs1)C1CC[C@H]2[C@@H]3C(=O)C[C@@H]4CC(=O)CC[C@]4(C)[C@H]3CC[C@]12C. The number of fused-ring (bicyclic) bond motifs is 5. The third-order valence-corrected chi connectivity index (χ3v) is 11.5. The summed E-state index contributed by atoms with van der Waals surface area (Å²) in [5.41, 5.74) is 0.303. The van der Waals surface area contributed by atoms with E-state index in [4.69, 9.17) is 0 Å². The first-order valence-corrected chi connectivity index (χ1v) is 13.9. The summed E-state index contributed by atoms with van der Waals surface area (Å²) in [6.07, 6.45) is 8.00. The Balaban J connectivity index is 1.28. The van der Waals surface area contributed by atoms with E-state index < -0.39 is 0 Å². The van der Waals surface area contributed by atoms with Crippen LogP contribution in [-0.2, 0) is 20.9 Å². The Hall–Kier alpha value is -1.49. The van der Waals surface area contributed by atoms with E-state index in [2.05, 4.69) is 32.2 Å². The van der Waals surface area contributed by atoms with Crippen molar-refractivity contribution in [1.29, 1.82) is 0 Å². The Morgan fingerprint density at radius 2 is 1.91 bits per heavy atom. The molecule has 4 aliphatic rings. The molecule has 8 atom stereocenters. The van der Waals surface area contributed by atoms with Gasteiger partial charge in [-0.2, -0.15) is 0 Å². The Labute approximate surface area is 202 Å². The van der Waals surface area contributed by atoms with E-state index in [1.54, 1.807) is 11.3 Å². The summed E-state index contributed by atoms with van der Waals surface area (Å²) in [6.45, 7) is 7.69. The van der Waals surface area contributed by atoms with Gasteiger partial charge in [0.25, 0.3) is 0 Å². The first kappa shape index (κ1) is 23.3. The van der Waals surface area contributed by atoms with Crippen LogP contribution in [0.2, 0.25) is 0 Å². The van der Waals surface area contributed by atoms with Crippen LogP contribution >= 0.6 is 11.3 Å².